The molecular formula is C21H19Cl2F2N3O. The zero-order valence-corrected chi connectivity index (χ0v) is 17.4. The molecule has 1 N–H and O–H groups in total. The van der Waals surface area contributed by atoms with Crippen molar-refractivity contribution in [1.29, 1.82) is 0 Å². The van der Waals surface area contributed by atoms with E-state index in [4.69, 9.17) is 23.2 Å². The van der Waals surface area contributed by atoms with Gasteiger partial charge in [-0.05, 0) is 56.2 Å². The second-order valence-corrected chi connectivity index (χ2v) is 7.53. The Balaban J connectivity index is 1.66. The van der Waals surface area contributed by atoms with Crippen molar-refractivity contribution in [1.82, 2.24) is 15.1 Å². The molecular weight excluding hydrogens is 419 g/mol. The summed E-state index contributed by atoms with van der Waals surface area (Å²) in [5.74, 6) is -1.46. The molecule has 4 nitrogen and oxygen atoms in total. The predicted molar refractivity (Wildman–Crippen MR) is 110 cm³/mol. The highest BCUT2D eigenvalue weighted by molar-refractivity contribution is 6.42. The molecule has 3 rings (SSSR count). The van der Waals surface area contributed by atoms with Crippen molar-refractivity contribution < 1.29 is 13.6 Å². The van der Waals surface area contributed by atoms with Gasteiger partial charge in [-0.15, -0.1) is 0 Å². The zero-order valence-electron chi connectivity index (χ0n) is 15.9. The summed E-state index contributed by atoms with van der Waals surface area (Å²) >= 11 is 12.1. The molecule has 2 aromatic carbocycles. The van der Waals surface area contributed by atoms with Gasteiger partial charge in [-0.2, -0.15) is 5.10 Å². The molecule has 0 aliphatic rings. The summed E-state index contributed by atoms with van der Waals surface area (Å²) < 4.78 is 28.2. The molecule has 0 atom stereocenters. The first-order valence-corrected chi connectivity index (χ1v) is 9.72. The van der Waals surface area contributed by atoms with E-state index >= 15 is 0 Å². The molecule has 0 aliphatic carbocycles. The van der Waals surface area contributed by atoms with Crippen molar-refractivity contribution in [3.05, 3.63) is 80.6 Å². The molecule has 0 fully saturated rings. The number of nitrogens with one attached hydrogen (secondary N) is 1. The van der Waals surface area contributed by atoms with Crippen molar-refractivity contribution in [2.24, 2.45) is 0 Å². The van der Waals surface area contributed by atoms with Gasteiger partial charge in [0.25, 0.3) is 0 Å². The number of hydrogen-bond acceptors (Lipinski definition) is 2. The number of carbonyl (C=O) groups excluding carboxylic acids is 1. The van der Waals surface area contributed by atoms with Crippen LogP contribution in [0.15, 0.2) is 36.4 Å². The van der Waals surface area contributed by atoms with Gasteiger partial charge < -0.3 is 5.32 Å². The van der Waals surface area contributed by atoms with Gasteiger partial charge in [0, 0.05) is 23.9 Å². The lowest BCUT2D eigenvalue weighted by molar-refractivity contribution is -0.120. The first-order valence-electron chi connectivity index (χ1n) is 8.97. The Morgan fingerprint density at radius 1 is 1.07 bits per heavy atom. The summed E-state index contributed by atoms with van der Waals surface area (Å²) in [6.45, 7) is 3.99. The van der Waals surface area contributed by atoms with E-state index in [9.17, 15) is 13.6 Å². The van der Waals surface area contributed by atoms with Crippen LogP contribution < -0.4 is 5.32 Å². The number of nitrogens with zero attached hydrogens (tertiary/aromatic N) is 2. The van der Waals surface area contributed by atoms with Gasteiger partial charge in [0.05, 0.1) is 27.8 Å². The number of aryl methyl sites for hydroxylation is 1. The van der Waals surface area contributed by atoms with Crippen molar-refractivity contribution in [2.45, 2.75) is 26.7 Å². The molecule has 152 valence electrons. The summed E-state index contributed by atoms with van der Waals surface area (Å²) in [4.78, 5) is 12.4. The molecule has 0 aliphatic heterocycles. The molecule has 0 saturated carbocycles. The molecule has 0 saturated heterocycles. The third-order valence-corrected chi connectivity index (χ3v) is 5.32. The van der Waals surface area contributed by atoms with Crippen LogP contribution in [0.25, 0.3) is 5.69 Å². The highest BCUT2D eigenvalue weighted by Gasteiger charge is 2.16. The summed E-state index contributed by atoms with van der Waals surface area (Å²) in [5.41, 5.74) is 3.60. The van der Waals surface area contributed by atoms with E-state index in [1.807, 2.05) is 13.8 Å². The van der Waals surface area contributed by atoms with Crippen LogP contribution in [0.3, 0.4) is 0 Å². The molecule has 1 amide bonds. The lowest BCUT2D eigenvalue weighted by atomic mass is 10.1. The lowest BCUT2D eigenvalue weighted by Crippen LogP contribution is -2.27. The molecule has 1 aromatic heterocycles. The van der Waals surface area contributed by atoms with Gasteiger partial charge in [0.15, 0.2) is 0 Å². The van der Waals surface area contributed by atoms with E-state index in [0.717, 1.165) is 28.7 Å². The normalized spacial score (nSPS) is 11.0. The quantitative estimate of drug-likeness (QED) is 0.591. The Kier molecular flexibility index (Phi) is 6.55. The Labute approximate surface area is 177 Å². The summed E-state index contributed by atoms with van der Waals surface area (Å²) in [6, 6.07) is 8.53. The fraction of sp³-hybridized carbons (Fsp3) is 0.238. The minimum absolute atomic E-state index is 0.149. The summed E-state index contributed by atoms with van der Waals surface area (Å²) in [6.07, 6.45) is 0.484. The molecule has 3 aromatic rings. The second kappa shape index (κ2) is 8.93. The third-order valence-electron chi connectivity index (χ3n) is 4.58. The van der Waals surface area contributed by atoms with Crippen LogP contribution in [0.1, 0.15) is 22.5 Å². The van der Waals surface area contributed by atoms with Crippen molar-refractivity contribution in [2.75, 3.05) is 6.54 Å². The van der Waals surface area contributed by atoms with Crippen LogP contribution in [-0.4, -0.2) is 22.2 Å². The predicted octanol–water partition coefficient (Wildman–Crippen LogP) is 4.98. The summed E-state index contributed by atoms with van der Waals surface area (Å²) in [5, 5.41) is 8.16. The highest BCUT2D eigenvalue weighted by atomic mass is 35.5. The standard InChI is InChI=1S/C21H19Cl2F2N3O/c1-12-18(13(2)28(27-12)17-3-4-19(22)20(23)10-17)11-21(29)26-6-5-14-7-15(24)9-16(25)8-14/h3-4,7-10H,5-6,11H2,1-2H3,(H,26,29). The molecule has 0 bridgehead atoms. The Morgan fingerprint density at radius 2 is 1.76 bits per heavy atom. The van der Waals surface area contributed by atoms with Crippen molar-refractivity contribution in [3.8, 4) is 5.69 Å². The van der Waals surface area contributed by atoms with Gasteiger partial charge in [0.2, 0.25) is 5.91 Å². The Bertz CT molecular complexity index is 1050. The number of carbonyl (C=O) groups is 1. The number of benzene rings is 2. The molecule has 8 heteroatoms. The van der Waals surface area contributed by atoms with Gasteiger partial charge in [0.1, 0.15) is 11.6 Å². The van der Waals surface area contributed by atoms with E-state index in [-0.39, 0.29) is 18.9 Å². The van der Waals surface area contributed by atoms with Crippen molar-refractivity contribution in [3.63, 3.8) is 0 Å². The van der Waals surface area contributed by atoms with E-state index in [1.54, 1.807) is 22.9 Å². The molecule has 0 spiro atoms. The van der Waals surface area contributed by atoms with Crippen LogP contribution in [0.4, 0.5) is 8.78 Å². The third kappa shape index (κ3) is 5.14. The average molecular weight is 438 g/mol. The molecule has 0 unspecified atom stereocenters. The summed E-state index contributed by atoms with van der Waals surface area (Å²) in [7, 11) is 0. The monoisotopic (exact) mass is 437 g/mol. The van der Waals surface area contributed by atoms with E-state index in [1.165, 1.54) is 12.1 Å². The van der Waals surface area contributed by atoms with Crippen LogP contribution in [0, 0.1) is 25.5 Å². The van der Waals surface area contributed by atoms with E-state index in [0.29, 0.717) is 22.0 Å². The minimum atomic E-state index is -0.632. The largest absolute Gasteiger partial charge is 0.355 e. The molecule has 1 heterocycles. The Hall–Kier alpha value is -2.44. The van der Waals surface area contributed by atoms with Crippen LogP contribution in [0.2, 0.25) is 10.0 Å². The highest BCUT2D eigenvalue weighted by Crippen LogP contribution is 2.26. The van der Waals surface area contributed by atoms with Gasteiger partial charge in [-0.3, -0.25) is 4.79 Å². The average Bonchev–Trinajstić information content (AvgIpc) is 2.91. The van der Waals surface area contributed by atoms with Crippen LogP contribution in [0.5, 0.6) is 0 Å². The molecule has 0 radical (unpaired) electrons. The number of aromatic nitrogens is 2. The second-order valence-electron chi connectivity index (χ2n) is 6.71. The van der Waals surface area contributed by atoms with E-state index in [2.05, 4.69) is 10.4 Å². The smallest absolute Gasteiger partial charge is 0.224 e. The van der Waals surface area contributed by atoms with E-state index < -0.39 is 11.6 Å². The lowest BCUT2D eigenvalue weighted by Gasteiger charge is -2.08. The van der Waals surface area contributed by atoms with Crippen LogP contribution >= 0.6 is 23.2 Å². The maximum atomic E-state index is 13.2. The Morgan fingerprint density at radius 3 is 2.41 bits per heavy atom. The first kappa shape index (κ1) is 21.3. The fourth-order valence-electron chi connectivity index (χ4n) is 3.12. The number of amides is 1. The number of hydrogen-bond donors (Lipinski definition) is 1. The number of halogens is 4. The van der Waals surface area contributed by atoms with Crippen molar-refractivity contribution >= 4 is 29.1 Å². The minimum Gasteiger partial charge on any atom is -0.355 e. The maximum absolute atomic E-state index is 13.2. The molecule has 29 heavy (non-hydrogen) atoms. The fourth-order valence-corrected chi connectivity index (χ4v) is 3.42. The topological polar surface area (TPSA) is 46.9 Å². The number of rotatable bonds is 6. The van der Waals surface area contributed by atoms with Gasteiger partial charge in [-0.25, -0.2) is 13.5 Å². The van der Waals surface area contributed by atoms with Gasteiger partial charge in [-0.1, -0.05) is 23.2 Å². The first-order chi connectivity index (χ1) is 13.7. The SMILES string of the molecule is Cc1nn(-c2ccc(Cl)c(Cl)c2)c(C)c1CC(=O)NCCc1cc(F)cc(F)c1. The van der Waals surface area contributed by atoms with Gasteiger partial charge >= 0.3 is 0 Å². The zero-order chi connectivity index (χ0) is 21.1. The maximum Gasteiger partial charge on any atom is 0.224 e. The van der Waals surface area contributed by atoms with Crippen LogP contribution in [-0.2, 0) is 17.6 Å².